The van der Waals surface area contributed by atoms with Gasteiger partial charge in [-0.05, 0) is 50.5 Å². The number of thioether (sulfide) groups is 1. The van der Waals surface area contributed by atoms with Crippen LogP contribution in [0.15, 0.2) is 51.6 Å². The van der Waals surface area contributed by atoms with Crippen molar-refractivity contribution in [1.29, 1.82) is 0 Å². The van der Waals surface area contributed by atoms with E-state index in [0.29, 0.717) is 22.3 Å². The van der Waals surface area contributed by atoms with Crippen molar-refractivity contribution >= 4 is 40.4 Å². The summed E-state index contributed by atoms with van der Waals surface area (Å²) in [5, 5.41) is 3.28. The quantitative estimate of drug-likeness (QED) is 0.607. The van der Waals surface area contributed by atoms with Gasteiger partial charge in [0.15, 0.2) is 5.17 Å². The number of methoxy groups -OCH3 is 1. The van der Waals surface area contributed by atoms with Crippen molar-refractivity contribution in [1.82, 2.24) is 14.7 Å². The number of halogens is 1. The number of carbonyl (C=O) groups excluding carboxylic acids is 2. The molecule has 0 spiro atoms. The van der Waals surface area contributed by atoms with Crippen molar-refractivity contribution < 1.29 is 14.3 Å². The summed E-state index contributed by atoms with van der Waals surface area (Å²) in [6.07, 6.45) is 1.22. The minimum Gasteiger partial charge on any atom is -0.466 e. The van der Waals surface area contributed by atoms with Crippen molar-refractivity contribution in [3.63, 3.8) is 0 Å². The Kier molecular flexibility index (Phi) is 6.65. The number of fused-ring (bicyclic) bond motifs is 1. The third-order valence-electron chi connectivity index (χ3n) is 6.15. The zero-order chi connectivity index (χ0) is 23.0. The lowest BCUT2D eigenvalue weighted by Gasteiger charge is -2.36. The zero-order valence-corrected chi connectivity index (χ0v) is 20.2. The van der Waals surface area contributed by atoms with Crippen molar-refractivity contribution in [2.24, 2.45) is 4.99 Å². The Bertz CT molecular complexity index is 1040. The monoisotopic (exact) mass is 474 g/mol. The van der Waals surface area contributed by atoms with Gasteiger partial charge >= 0.3 is 5.97 Å². The van der Waals surface area contributed by atoms with Crippen LogP contribution in [0.1, 0.15) is 31.4 Å². The highest BCUT2D eigenvalue weighted by molar-refractivity contribution is 8.16. The van der Waals surface area contributed by atoms with Crippen LogP contribution in [0.5, 0.6) is 0 Å². The van der Waals surface area contributed by atoms with Crippen LogP contribution in [-0.4, -0.2) is 72.1 Å². The highest BCUT2D eigenvalue weighted by atomic mass is 35.5. The van der Waals surface area contributed by atoms with Gasteiger partial charge in [0.2, 0.25) is 5.91 Å². The number of carbonyl (C=O) groups is 2. The number of amidine groups is 1. The maximum atomic E-state index is 13.1. The number of aliphatic imine (C=N–C) groups is 1. The van der Waals surface area contributed by atoms with Gasteiger partial charge in [-0.15, -0.1) is 0 Å². The predicted octanol–water partition coefficient (Wildman–Crippen LogP) is 3.64. The lowest BCUT2D eigenvalue weighted by Crippen LogP contribution is -2.39. The molecule has 4 rings (SSSR count). The average Bonchev–Trinajstić information content (AvgIpc) is 3.40. The Balaban J connectivity index is 1.64. The molecular formula is C23H27ClN4O3S. The van der Waals surface area contributed by atoms with E-state index in [1.165, 1.54) is 18.9 Å². The average molecular weight is 475 g/mol. The minimum atomic E-state index is -0.462. The summed E-state index contributed by atoms with van der Waals surface area (Å²) in [7, 11) is 5.46. The molecule has 1 aromatic rings. The molecule has 1 fully saturated rings. The summed E-state index contributed by atoms with van der Waals surface area (Å²) < 4.78 is 5.09. The van der Waals surface area contributed by atoms with Gasteiger partial charge < -0.3 is 19.4 Å². The van der Waals surface area contributed by atoms with Crippen LogP contribution >= 0.6 is 23.4 Å². The molecule has 0 bridgehead atoms. The van der Waals surface area contributed by atoms with Crippen molar-refractivity contribution in [2.45, 2.75) is 31.8 Å². The van der Waals surface area contributed by atoms with Gasteiger partial charge in [0, 0.05) is 29.9 Å². The van der Waals surface area contributed by atoms with E-state index in [0.717, 1.165) is 35.9 Å². The molecule has 0 saturated carbocycles. The van der Waals surface area contributed by atoms with Gasteiger partial charge in [0.25, 0.3) is 0 Å². The third kappa shape index (κ3) is 4.31. The number of allylic oxidation sites excluding steroid dienone is 1. The number of ether oxygens (including phenoxy) is 1. The fraction of sp³-hybridized carbons (Fsp3) is 0.435. The SMILES string of the molecule is COC(=O)C1=C(C)N=C2SC=C(CC(=O)N3CC[C@H](N(C)C)C3)N2[C@@H]1c1cccc(Cl)c1. The number of amides is 1. The molecule has 2 atom stereocenters. The summed E-state index contributed by atoms with van der Waals surface area (Å²) in [5.41, 5.74) is 2.73. The molecule has 170 valence electrons. The highest BCUT2D eigenvalue weighted by Gasteiger charge is 2.41. The first-order valence-electron chi connectivity index (χ1n) is 10.5. The van der Waals surface area contributed by atoms with Gasteiger partial charge in [-0.1, -0.05) is 35.5 Å². The Hall–Kier alpha value is -2.29. The number of benzene rings is 1. The van der Waals surface area contributed by atoms with Gasteiger partial charge in [0.05, 0.1) is 30.8 Å². The third-order valence-corrected chi connectivity index (χ3v) is 7.27. The fourth-order valence-corrected chi connectivity index (χ4v) is 5.55. The van der Waals surface area contributed by atoms with Gasteiger partial charge in [-0.2, -0.15) is 0 Å². The van der Waals surface area contributed by atoms with Crippen LogP contribution in [-0.2, 0) is 14.3 Å². The lowest BCUT2D eigenvalue weighted by molar-refractivity contribution is -0.136. The molecular weight excluding hydrogens is 448 g/mol. The van der Waals surface area contributed by atoms with Crippen LogP contribution in [0.3, 0.4) is 0 Å². The van der Waals surface area contributed by atoms with Gasteiger partial charge in [-0.3, -0.25) is 4.79 Å². The van der Waals surface area contributed by atoms with Crippen molar-refractivity contribution in [2.75, 3.05) is 34.3 Å². The van der Waals surface area contributed by atoms with Crippen LogP contribution in [0.4, 0.5) is 0 Å². The summed E-state index contributed by atoms with van der Waals surface area (Å²) in [4.78, 5) is 36.6. The smallest absolute Gasteiger partial charge is 0.338 e. The molecule has 0 aliphatic carbocycles. The molecule has 0 unspecified atom stereocenters. The maximum absolute atomic E-state index is 13.1. The van der Waals surface area contributed by atoms with E-state index in [1.54, 1.807) is 6.07 Å². The van der Waals surface area contributed by atoms with Crippen molar-refractivity contribution in [3.8, 4) is 0 Å². The fourth-order valence-electron chi connectivity index (χ4n) is 4.39. The van der Waals surface area contributed by atoms with Crippen molar-refractivity contribution in [3.05, 3.63) is 57.2 Å². The molecule has 0 radical (unpaired) electrons. The van der Waals surface area contributed by atoms with E-state index >= 15 is 0 Å². The molecule has 3 aliphatic rings. The number of hydrogen-bond donors (Lipinski definition) is 0. The Morgan fingerprint density at radius 1 is 1.34 bits per heavy atom. The topological polar surface area (TPSA) is 65.5 Å². The first kappa shape index (κ1) is 22.9. The summed E-state index contributed by atoms with van der Waals surface area (Å²) in [6, 6.07) is 7.35. The number of nitrogens with zero attached hydrogens (tertiary/aromatic N) is 4. The zero-order valence-electron chi connectivity index (χ0n) is 18.7. The van der Waals surface area contributed by atoms with Crippen LogP contribution < -0.4 is 0 Å². The minimum absolute atomic E-state index is 0.0817. The van der Waals surface area contributed by atoms with Crippen LogP contribution in [0.2, 0.25) is 5.02 Å². The molecule has 9 heteroatoms. The Labute approximate surface area is 197 Å². The molecule has 7 nitrogen and oxygen atoms in total. The maximum Gasteiger partial charge on any atom is 0.338 e. The van der Waals surface area contributed by atoms with Gasteiger partial charge in [0.1, 0.15) is 0 Å². The predicted molar refractivity (Wildman–Crippen MR) is 127 cm³/mol. The van der Waals surface area contributed by atoms with Gasteiger partial charge in [-0.25, -0.2) is 9.79 Å². The van der Waals surface area contributed by atoms with E-state index in [-0.39, 0.29) is 12.3 Å². The number of rotatable bonds is 5. The number of likely N-dealkylation sites (tertiary alicyclic amines) is 1. The van der Waals surface area contributed by atoms with Crippen LogP contribution in [0, 0.1) is 0 Å². The molecule has 0 aromatic heterocycles. The summed E-state index contributed by atoms with van der Waals surface area (Å²) >= 11 is 7.75. The first-order valence-corrected chi connectivity index (χ1v) is 11.8. The molecule has 1 aromatic carbocycles. The molecule has 0 N–H and O–H groups in total. The Morgan fingerprint density at radius 3 is 2.78 bits per heavy atom. The normalized spacial score (nSPS) is 22.8. The van der Waals surface area contributed by atoms with Crippen LogP contribution in [0.25, 0.3) is 0 Å². The summed E-state index contributed by atoms with van der Waals surface area (Å²) in [6.45, 7) is 3.30. The number of likely N-dealkylation sites (N-methyl/N-ethyl adjacent to an activating group) is 1. The number of esters is 1. The largest absolute Gasteiger partial charge is 0.466 e. The lowest BCUT2D eigenvalue weighted by atomic mass is 9.94. The highest BCUT2D eigenvalue weighted by Crippen LogP contribution is 2.45. The second-order valence-corrected chi connectivity index (χ2v) is 9.64. The molecule has 3 aliphatic heterocycles. The summed E-state index contributed by atoms with van der Waals surface area (Å²) in [5.74, 6) is -0.357. The Morgan fingerprint density at radius 2 is 2.12 bits per heavy atom. The van der Waals surface area contributed by atoms with E-state index < -0.39 is 12.0 Å². The molecule has 3 heterocycles. The van der Waals surface area contributed by atoms with E-state index in [4.69, 9.17) is 16.3 Å². The number of hydrogen-bond acceptors (Lipinski definition) is 7. The van der Waals surface area contributed by atoms with E-state index in [2.05, 4.69) is 9.89 Å². The standard InChI is InChI=1S/C23H27ClN4O3S/c1-14-20(22(30)31-4)21(15-6-5-7-16(24)10-15)28-18(13-32-23(28)25-14)11-19(29)27-9-8-17(12-27)26(2)3/h5-7,10,13,17,21H,8-9,11-12H2,1-4H3/t17-,21+/m0/s1. The molecule has 32 heavy (non-hydrogen) atoms. The van der Waals surface area contributed by atoms with E-state index in [1.807, 2.05) is 54.4 Å². The first-order chi connectivity index (χ1) is 15.3. The molecule has 1 amide bonds. The molecule has 1 saturated heterocycles. The second kappa shape index (κ2) is 9.29. The van der Waals surface area contributed by atoms with E-state index in [9.17, 15) is 9.59 Å². The second-order valence-electron chi connectivity index (χ2n) is 8.36.